The topological polar surface area (TPSA) is 88.9 Å². The Labute approximate surface area is 228 Å². The number of tetrazole rings is 1. The highest BCUT2D eigenvalue weighted by Crippen LogP contribution is 2.27. The summed E-state index contributed by atoms with van der Waals surface area (Å²) in [6.45, 7) is 7.93. The van der Waals surface area contributed by atoms with E-state index in [1.807, 2.05) is 47.1 Å². The zero-order chi connectivity index (χ0) is 27.4. The van der Waals surface area contributed by atoms with Crippen LogP contribution in [0.15, 0.2) is 77.6 Å². The zero-order valence-electron chi connectivity index (χ0n) is 22.9. The van der Waals surface area contributed by atoms with Crippen molar-refractivity contribution in [2.75, 3.05) is 7.11 Å². The molecule has 0 spiro atoms. The number of benzene rings is 3. The normalized spacial score (nSPS) is 12.2. The van der Waals surface area contributed by atoms with Gasteiger partial charge in [-0.2, -0.15) is 0 Å². The van der Waals surface area contributed by atoms with Gasteiger partial charge in [0.25, 0.3) is 5.56 Å². The van der Waals surface area contributed by atoms with Gasteiger partial charge in [0.05, 0.1) is 19.7 Å². The average molecular weight is 523 g/mol. The number of nitrogens with one attached hydrogen (secondary N) is 1. The van der Waals surface area contributed by atoms with Gasteiger partial charge in [-0.1, -0.05) is 60.5 Å². The number of aromatic amines is 1. The average Bonchev–Trinajstić information content (AvgIpc) is 3.39. The fourth-order valence-corrected chi connectivity index (χ4v) is 4.98. The van der Waals surface area contributed by atoms with Crippen LogP contribution in [-0.4, -0.2) is 37.2 Å². The molecule has 0 fully saturated rings. The summed E-state index contributed by atoms with van der Waals surface area (Å²) in [6.07, 6.45) is 0.777. The Bertz CT molecular complexity index is 1610. The highest BCUT2D eigenvalue weighted by Gasteiger charge is 2.26. The van der Waals surface area contributed by atoms with Gasteiger partial charge >= 0.3 is 0 Å². The number of aromatic nitrogens is 5. The van der Waals surface area contributed by atoms with Gasteiger partial charge in [-0.25, -0.2) is 4.68 Å². The van der Waals surface area contributed by atoms with E-state index in [1.54, 1.807) is 7.11 Å². The predicted octanol–water partition coefficient (Wildman–Crippen LogP) is 5.34. The molecule has 200 valence electrons. The zero-order valence-corrected chi connectivity index (χ0v) is 22.9. The number of rotatable bonds is 10. The van der Waals surface area contributed by atoms with Gasteiger partial charge in [0.1, 0.15) is 5.75 Å². The van der Waals surface area contributed by atoms with Crippen LogP contribution >= 0.6 is 0 Å². The Kier molecular flexibility index (Phi) is 7.84. The van der Waals surface area contributed by atoms with Gasteiger partial charge in [0, 0.05) is 24.2 Å². The van der Waals surface area contributed by atoms with Crippen molar-refractivity contribution < 1.29 is 4.74 Å². The van der Waals surface area contributed by atoms with Crippen LogP contribution in [-0.2, 0) is 19.6 Å². The molecule has 2 heterocycles. The monoisotopic (exact) mass is 522 g/mol. The molecule has 2 aromatic heterocycles. The molecule has 1 atom stereocenters. The lowest BCUT2D eigenvalue weighted by Gasteiger charge is -2.30. The Morgan fingerprint density at radius 3 is 2.36 bits per heavy atom. The summed E-state index contributed by atoms with van der Waals surface area (Å²) in [5.74, 6) is 1.58. The highest BCUT2D eigenvalue weighted by molar-refractivity contribution is 5.79. The highest BCUT2D eigenvalue weighted by atomic mass is 16.5. The van der Waals surface area contributed by atoms with Crippen LogP contribution in [0.25, 0.3) is 10.9 Å². The summed E-state index contributed by atoms with van der Waals surface area (Å²) >= 11 is 0. The lowest BCUT2D eigenvalue weighted by molar-refractivity contribution is 0.161. The third-order valence-electron chi connectivity index (χ3n) is 7.13. The number of methoxy groups -OCH3 is 1. The van der Waals surface area contributed by atoms with Crippen LogP contribution in [0.3, 0.4) is 0 Å². The number of nitrogens with zero attached hydrogens (tertiary/aromatic N) is 5. The quantitative estimate of drug-likeness (QED) is 0.266. The first kappa shape index (κ1) is 26.3. The fourth-order valence-electron chi connectivity index (χ4n) is 4.98. The molecule has 0 bridgehead atoms. The minimum Gasteiger partial charge on any atom is -0.497 e. The van der Waals surface area contributed by atoms with E-state index in [2.05, 4.69) is 76.5 Å². The summed E-state index contributed by atoms with van der Waals surface area (Å²) in [7, 11) is 1.66. The molecule has 8 heteroatoms. The molecular formula is C31H34N6O2. The first-order chi connectivity index (χ1) is 18.9. The van der Waals surface area contributed by atoms with Crippen LogP contribution in [0.5, 0.6) is 5.75 Å². The summed E-state index contributed by atoms with van der Waals surface area (Å²) in [5.41, 5.74) is 6.09. The molecule has 0 saturated carbocycles. The van der Waals surface area contributed by atoms with Crippen molar-refractivity contribution in [2.45, 2.75) is 52.9 Å². The van der Waals surface area contributed by atoms with Crippen LogP contribution in [0.2, 0.25) is 0 Å². The van der Waals surface area contributed by atoms with Crippen molar-refractivity contribution >= 4 is 10.9 Å². The van der Waals surface area contributed by atoms with Crippen molar-refractivity contribution in [2.24, 2.45) is 0 Å². The van der Waals surface area contributed by atoms with E-state index in [9.17, 15) is 4.79 Å². The molecule has 5 aromatic rings. The van der Waals surface area contributed by atoms with Crippen molar-refractivity contribution in [3.8, 4) is 5.75 Å². The van der Waals surface area contributed by atoms with Crippen molar-refractivity contribution in [1.29, 1.82) is 0 Å². The SMILES string of the molecule is CC[C@H](c1nnnn1Cc1ccc(OC)cc1)N(Cc1ccc(C)cc1)Cc1cc2cc(C)ccc2[nH]c1=O. The number of fused-ring (bicyclic) bond motifs is 1. The van der Waals surface area contributed by atoms with Gasteiger partial charge in [-0.05, 0) is 77.5 Å². The van der Waals surface area contributed by atoms with E-state index in [0.717, 1.165) is 40.0 Å². The molecule has 0 aliphatic heterocycles. The Morgan fingerprint density at radius 1 is 0.923 bits per heavy atom. The second-order valence-corrected chi connectivity index (χ2v) is 10.1. The van der Waals surface area contributed by atoms with E-state index >= 15 is 0 Å². The summed E-state index contributed by atoms with van der Waals surface area (Å²) in [5, 5.41) is 13.9. The number of hydrogen-bond donors (Lipinski definition) is 1. The standard InChI is InChI=1S/C31H34N6O2/c1-5-29(30-33-34-35-37(30)19-24-11-13-27(39-4)14-12-24)36(18-23-9-6-21(2)7-10-23)20-26-17-25-16-22(3)8-15-28(25)32-31(26)38/h6-17,29H,5,18-20H2,1-4H3,(H,32,38)/t29-/m1/s1. The van der Waals surface area contributed by atoms with E-state index < -0.39 is 0 Å². The third kappa shape index (κ3) is 6.07. The number of hydrogen-bond acceptors (Lipinski definition) is 6. The molecule has 8 nitrogen and oxygen atoms in total. The maximum absolute atomic E-state index is 13.2. The molecule has 0 radical (unpaired) electrons. The number of ether oxygens (including phenoxy) is 1. The van der Waals surface area contributed by atoms with E-state index in [4.69, 9.17) is 4.74 Å². The first-order valence-corrected chi connectivity index (χ1v) is 13.2. The maximum Gasteiger partial charge on any atom is 0.252 e. The second kappa shape index (κ2) is 11.6. The molecule has 5 rings (SSSR count). The van der Waals surface area contributed by atoms with Crippen LogP contribution in [0, 0.1) is 13.8 Å². The van der Waals surface area contributed by atoms with E-state index in [0.29, 0.717) is 25.2 Å². The van der Waals surface area contributed by atoms with Gasteiger partial charge < -0.3 is 9.72 Å². The van der Waals surface area contributed by atoms with Crippen LogP contribution < -0.4 is 10.3 Å². The lowest BCUT2D eigenvalue weighted by Crippen LogP contribution is -2.32. The Balaban J connectivity index is 1.50. The number of aryl methyl sites for hydroxylation is 2. The molecule has 0 aliphatic carbocycles. The van der Waals surface area contributed by atoms with Crippen LogP contribution in [0.1, 0.15) is 53.0 Å². The summed E-state index contributed by atoms with van der Waals surface area (Å²) < 4.78 is 7.15. The summed E-state index contributed by atoms with van der Waals surface area (Å²) in [6, 6.07) is 24.4. The smallest absolute Gasteiger partial charge is 0.252 e. The molecule has 0 saturated heterocycles. The maximum atomic E-state index is 13.2. The Morgan fingerprint density at radius 2 is 1.64 bits per heavy atom. The lowest BCUT2D eigenvalue weighted by atomic mass is 10.1. The molecule has 3 aromatic carbocycles. The van der Waals surface area contributed by atoms with Crippen molar-refractivity contribution in [1.82, 2.24) is 30.1 Å². The molecule has 1 N–H and O–H groups in total. The van der Waals surface area contributed by atoms with E-state index in [-0.39, 0.29) is 11.6 Å². The van der Waals surface area contributed by atoms with Crippen molar-refractivity contribution in [3.63, 3.8) is 0 Å². The minimum atomic E-state index is -0.104. The molecule has 0 aliphatic rings. The molecule has 0 unspecified atom stereocenters. The second-order valence-electron chi connectivity index (χ2n) is 10.1. The van der Waals surface area contributed by atoms with Gasteiger partial charge in [0.2, 0.25) is 0 Å². The largest absolute Gasteiger partial charge is 0.497 e. The minimum absolute atomic E-state index is 0.0760. The Hall–Kier alpha value is -4.30. The number of H-pyrrole nitrogens is 1. The fraction of sp³-hybridized carbons (Fsp3) is 0.290. The first-order valence-electron chi connectivity index (χ1n) is 13.2. The summed E-state index contributed by atoms with van der Waals surface area (Å²) in [4.78, 5) is 18.5. The predicted molar refractivity (Wildman–Crippen MR) is 153 cm³/mol. The molecule has 0 amide bonds. The van der Waals surface area contributed by atoms with Gasteiger partial charge in [-0.3, -0.25) is 9.69 Å². The van der Waals surface area contributed by atoms with Crippen LogP contribution in [0.4, 0.5) is 0 Å². The third-order valence-corrected chi connectivity index (χ3v) is 7.13. The molecular weight excluding hydrogens is 488 g/mol. The van der Waals surface area contributed by atoms with Gasteiger partial charge in [0.15, 0.2) is 5.82 Å². The molecule has 39 heavy (non-hydrogen) atoms. The van der Waals surface area contributed by atoms with Crippen molar-refractivity contribution in [3.05, 3.63) is 117 Å². The van der Waals surface area contributed by atoms with Gasteiger partial charge in [-0.15, -0.1) is 5.10 Å². The number of pyridine rings is 1. The van der Waals surface area contributed by atoms with E-state index in [1.165, 1.54) is 11.1 Å².